The number of benzene rings is 2. The minimum atomic E-state index is 0.539. The number of para-hydroxylation sites is 2. The Morgan fingerprint density at radius 2 is 1.50 bits per heavy atom. The molecule has 4 rings (SSSR count). The van der Waals surface area contributed by atoms with Crippen LogP contribution in [0.1, 0.15) is 25.7 Å². The molecule has 0 amide bonds. The van der Waals surface area contributed by atoms with Gasteiger partial charge in [0.05, 0.1) is 11.4 Å². The molecule has 2 saturated carbocycles. The van der Waals surface area contributed by atoms with Gasteiger partial charge in [-0.2, -0.15) is 0 Å². The van der Waals surface area contributed by atoms with Crippen molar-refractivity contribution in [3.05, 3.63) is 60.7 Å². The largest absolute Gasteiger partial charge is 0.358 e. The maximum atomic E-state index is 5.62. The van der Waals surface area contributed by atoms with Gasteiger partial charge in [-0.05, 0) is 67.6 Å². The highest BCUT2D eigenvalue weighted by Crippen LogP contribution is 2.44. The van der Waals surface area contributed by atoms with Crippen LogP contribution in [0.5, 0.6) is 0 Å². The Balaban J connectivity index is 1.48. The third-order valence-electron chi connectivity index (χ3n) is 5.30. The normalized spacial score (nSPS) is 24.6. The lowest BCUT2D eigenvalue weighted by molar-refractivity contribution is 0.389. The second-order valence-corrected chi connectivity index (χ2v) is 7.28. The summed E-state index contributed by atoms with van der Waals surface area (Å²) in [5.74, 6) is 1.71. The summed E-state index contributed by atoms with van der Waals surface area (Å²) >= 11 is 5.62. The number of hydrogen-bond donors (Lipinski definition) is 2. The van der Waals surface area contributed by atoms with Crippen molar-refractivity contribution in [1.82, 2.24) is 10.7 Å². The molecule has 0 radical (unpaired) electrons. The van der Waals surface area contributed by atoms with Gasteiger partial charge < -0.3 is 5.32 Å². The van der Waals surface area contributed by atoms with Gasteiger partial charge in [0, 0.05) is 6.04 Å². The minimum Gasteiger partial charge on any atom is -0.358 e. The molecule has 2 bridgehead atoms. The summed E-state index contributed by atoms with van der Waals surface area (Å²) < 4.78 is 0. The Kier molecular flexibility index (Phi) is 4.39. The van der Waals surface area contributed by atoms with Gasteiger partial charge in [0.25, 0.3) is 0 Å². The molecule has 0 saturated heterocycles. The van der Waals surface area contributed by atoms with E-state index in [1.54, 1.807) is 0 Å². The molecule has 2 aromatic carbocycles. The summed E-state index contributed by atoms with van der Waals surface area (Å²) in [6.45, 7) is 0. The van der Waals surface area contributed by atoms with E-state index in [2.05, 4.69) is 35.0 Å². The fourth-order valence-electron chi connectivity index (χ4n) is 4.16. The van der Waals surface area contributed by atoms with E-state index in [9.17, 15) is 0 Å². The van der Waals surface area contributed by atoms with Crippen molar-refractivity contribution in [2.75, 3.05) is 5.01 Å². The quantitative estimate of drug-likeness (QED) is 0.639. The molecule has 3 atom stereocenters. The van der Waals surface area contributed by atoms with Crippen molar-refractivity contribution in [2.24, 2.45) is 11.8 Å². The zero-order chi connectivity index (χ0) is 16.4. The van der Waals surface area contributed by atoms with E-state index in [0.29, 0.717) is 11.2 Å². The van der Waals surface area contributed by atoms with Gasteiger partial charge in [0.2, 0.25) is 0 Å². The van der Waals surface area contributed by atoms with E-state index in [1.165, 1.54) is 25.7 Å². The van der Waals surface area contributed by atoms with Gasteiger partial charge in [-0.1, -0.05) is 42.8 Å². The predicted molar refractivity (Wildman–Crippen MR) is 103 cm³/mol. The van der Waals surface area contributed by atoms with Crippen LogP contribution in [0.25, 0.3) is 0 Å². The first kappa shape index (κ1) is 15.5. The minimum absolute atomic E-state index is 0.539. The molecule has 124 valence electrons. The summed E-state index contributed by atoms with van der Waals surface area (Å²) in [4.78, 5) is 0. The lowest BCUT2D eigenvalue weighted by Crippen LogP contribution is -2.49. The van der Waals surface area contributed by atoms with E-state index in [-0.39, 0.29) is 0 Å². The Bertz CT molecular complexity index is 649. The smallest absolute Gasteiger partial charge is 0.185 e. The van der Waals surface area contributed by atoms with Crippen LogP contribution in [0.3, 0.4) is 0 Å². The molecule has 2 N–H and O–H groups in total. The Morgan fingerprint density at radius 1 is 0.875 bits per heavy atom. The van der Waals surface area contributed by atoms with E-state index >= 15 is 0 Å². The third-order valence-corrected chi connectivity index (χ3v) is 5.51. The first-order chi connectivity index (χ1) is 11.8. The second kappa shape index (κ2) is 6.81. The lowest BCUT2D eigenvalue weighted by atomic mass is 9.96. The maximum Gasteiger partial charge on any atom is 0.185 e. The van der Waals surface area contributed by atoms with Crippen molar-refractivity contribution < 1.29 is 0 Å². The van der Waals surface area contributed by atoms with Gasteiger partial charge in [0.1, 0.15) is 0 Å². The molecule has 3 nitrogen and oxygen atoms in total. The van der Waals surface area contributed by atoms with Crippen molar-refractivity contribution in [3.8, 4) is 0 Å². The van der Waals surface area contributed by atoms with Crippen molar-refractivity contribution >= 4 is 28.7 Å². The van der Waals surface area contributed by atoms with Crippen LogP contribution in [0.2, 0.25) is 0 Å². The zero-order valence-electron chi connectivity index (χ0n) is 13.7. The first-order valence-corrected chi connectivity index (χ1v) is 9.18. The molecule has 2 aliphatic carbocycles. The van der Waals surface area contributed by atoms with Crippen LogP contribution in [-0.4, -0.2) is 11.2 Å². The topological polar surface area (TPSA) is 27.3 Å². The molecule has 0 heterocycles. The van der Waals surface area contributed by atoms with Gasteiger partial charge >= 0.3 is 0 Å². The number of rotatable bonds is 4. The standard InChI is InChI=1S/C20H23N3S/c24-20(21-19-14-15-11-12-16(19)13-15)22-23(17-7-3-1-4-8-17)18-9-5-2-6-10-18/h1-10,15-16,19H,11-14H2,(H2,21,22,24)/t15-,16+,19-/m0/s1. The van der Waals surface area contributed by atoms with Gasteiger partial charge in [0.15, 0.2) is 5.11 Å². The predicted octanol–water partition coefficient (Wildman–Crippen LogP) is 4.39. The molecular formula is C20H23N3S. The van der Waals surface area contributed by atoms with E-state index in [0.717, 1.165) is 23.2 Å². The molecule has 2 fully saturated rings. The summed E-state index contributed by atoms with van der Waals surface area (Å²) in [6, 6.07) is 21.1. The fraction of sp³-hybridized carbons (Fsp3) is 0.350. The monoisotopic (exact) mass is 337 g/mol. The van der Waals surface area contributed by atoms with Gasteiger partial charge in [-0.3, -0.25) is 10.4 Å². The molecule has 0 unspecified atom stereocenters. The highest BCUT2D eigenvalue weighted by Gasteiger charge is 2.39. The van der Waals surface area contributed by atoms with Crippen LogP contribution in [-0.2, 0) is 0 Å². The highest BCUT2D eigenvalue weighted by atomic mass is 32.1. The number of nitrogens with zero attached hydrogens (tertiary/aromatic N) is 1. The molecule has 4 heteroatoms. The van der Waals surface area contributed by atoms with E-state index in [1.807, 2.05) is 41.4 Å². The molecular weight excluding hydrogens is 314 g/mol. The number of nitrogens with one attached hydrogen (secondary N) is 2. The zero-order valence-corrected chi connectivity index (χ0v) is 14.5. The SMILES string of the molecule is S=C(N[C@H]1C[C@H]2CC[C@@H]1C2)NN(c1ccccc1)c1ccccc1. The molecule has 2 aliphatic rings. The number of anilines is 2. The average Bonchev–Trinajstić information content (AvgIpc) is 3.24. The highest BCUT2D eigenvalue weighted by molar-refractivity contribution is 7.80. The van der Waals surface area contributed by atoms with Crippen LogP contribution in [0.15, 0.2) is 60.7 Å². The van der Waals surface area contributed by atoms with Crippen LogP contribution < -0.4 is 15.8 Å². The van der Waals surface area contributed by atoms with Crippen molar-refractivity contribution in [2.45, 2.75) is 31.7 Å². The molecule has 0 spiro atoms. The summed E-state index contributed by atoms with van der Waals surface area (Å²) in [5.41, 5.74) is 5.53. The van der Waals surface area contributed by atoms with Crippen molar-refractivity contribution in [1.29, 1.82) is 0 Å². The van der Waals surface area contributed by atoms with Crippen LogP contribution in [0, 0.1) is 11.8 Å². The fourth-order valence-corrected chi connectivity index (χ4v) is 4.40. The molecule has 2 aromatic rings. The van der Waals surface area contributed by atoms with Crippen LogP contribution >= 0.6 is 12.2 Å². The number of hydrogen-bond acceptors (Lipinski definition) is 2. The molecule has 0 aliphatic heterocycles. The second-order valence-electron chi connectivity index (χ2n) is 6.87. The maximum absolute atomic E-state index is 5.62. The Hall–Kier alpha value is -2.07. The first-order valence-electron chi connectivity index (χ1n) is 8.77. The number of hydrazine groups is 1. The van der Waals surface area contributed by atoms with Crippen LogP contribution in [0.4, 0.5) is 11.4 Å². The summed E-state index contributed by atoms with van der Waals surface area (Å²) in [7, 11) is 0. The Morgan fingerprint density at radius 3 is 2.00 bits per heavy atom. The van der Waals surface area contributed by atoms with E-state index in [4.69, 9.17) is 12.2 Å². The number of fused-ring (bicyclic) bond motifs is 2. The summed E-state index contributed by atoms with van der Waals surface area (Å²) in [6.07, 6.45) is 5.40. The number of thiocarbonyl (C=S) groups is 1. The Labute approximate surface area is 149 Å². The van der Waals surface area contributed by atoms with E-state index < -0.39 is 0 Å². The van der Waals surface area contributed by atoms with Gasteiger partial charge in [-0.15, -0.1) is 0 Å². The summed E-state index contributed by atoms with van der Waals surface area (Å²) in [5, 5.41) is 6.31. The molecule has 0 aromatic heterocycles. The van der Waals surface area contributed by atoms with Gasteiger partial charge in [-0.25, -0.2) is 0 Å². The third kappa shape index (κ3) is 3.24. The van der Waals surface area contributed by atoms with Crippen molar-refractivity contribution in [3.63, 3.8) is 0 Å². The molecule has 24 heavy (non-hydrogen) atoms. The lowest BCUT2D eigenvalue weighted by Gasteiger charge is -2.30. The average molecular weight is 337 g/mol.